The van der Waals surface area contributed by atoms with E-state index in [9.17, 15) is 8.42 Å². The highest BCUT2D eigenvalue weighted by molar-refractivity contribution is 7.89. The molecule has 7 nitrogen and oxygen atoms in total. The Morgan fingerprint density at radius 3 is 2.81 bits per heavy atom. The van der Waals surface area contributed by atoms with Crippen LogP contribution in [0.25, 0.3) is 0 Å². The molecule has 1 fully saturated rings. The summed E-state index contributed by atoms with van der Waals surface area (Å²) < 4.78 is 27.7. The average molecular weight is 245 g/mol. The zero-order valence-electron chi connectivity index (χ0n) is 9.00. The van der Waals surface area contributed by atoms with Gasteiger partial charge in [-0.2, -0.15) is 0 Å². The highest BCUT2D eigenvalue weighted by atomic mass is 32.2. The zero-order valence-corrected chi connectivity index (χ0v) is 9.81. The predicted octanol–water partition coefficient (Wildman–Crippen LogP) is -1.17. The molecule has 16 heavy (non-hydrogen) atoms. The summed E-state index contributed by atoms with van der Waals surface area (Å²) in [4.78, 5) is 0. The summed E-state index contributed by atoms with van der Waals surface area (Å²) in [5.41, 5.74) is 5.55. The van der Waals surface area contributed by atoms with Gasteiger partial charge < -0.3 is 5.73 Å². The first-order valence-corrected chi connectivity index (χ1v) is 6.60. The Balaban J connectivity index is 2.16. The lowest BCUT2D eigenvalue weighted by Gasteiger charge is -2.15. The molecule has 1 saturated carbocycles. The van der Waals surface area contributed by atoms with E-state index in [1.165, 1.54) is 17.9 Å². The second-order valence-corrected chi connectivity index (χ2v) is 5.66. The average Bonchev–Trinajstić information content (AvgIpc) is 2.97. The highest BCUT2D eigenvalue weighted by Gasteiger charge is 2.34. The Morgan fingerprint density at radius 2 is 2.38 bits per heavy atom. The van der Waals surface area contributed by atoms with E-state index < -0.39 is 10.0 Å². The van der Waals surface area contributed by atoms with Crippen LogP contribution in [0.15, 0.2) is 11.2 Å². The van der Waals surface area contributed by atoms with Crippen molar-refractivity contribution in [3.05, 3.63) is 6.20 Å². The molecule has 8 heteroatoms. The van der Waals surface area contributed by atoms with Gasteiger partial charge in [-0.15, -0.1) is 5.10 Å². The van der Waals surface area contributed by atoms with Crippen molar-refractivity contribution >= 4 is 10.0 Å². The largest absolute Gasteiger partial charge is 0.329 e. The molecule has 0 radical (unpaired) electrons. The van der Waals surface area contributed by atoms with Gasteiger partial charge in [-0.1, -0.05) is 5.21 Å². The molecule has 0 bridgehead atoms. The van der Waals surface area contributed by atoms with Crippen LogP contribution in [-0.4, -0.2) is 36.0 Å². The Morgan fingerprint density at radius 1 is 1.69 bits per heavy atom. The summed E-state index contributed by atoms with van der Waals surface area (Å²) in [6, 6.07) is -0.181. The Bertz CT molecular complexity index is 465. The second kappa shape index (κ2) is 4.11. The van der Waals surface area contributed by atoms with Crippen LogP contribution in [0.5, 0.6) is 0 Å². The van der Waals surface area contributed by atoms with E-state index in [1.54, 1.807) is 0 Å². The van der Waals surface area contributed by atoms with Crippen molar-refractivity contribution < 1.29 is 8.42 Å². The van der Waals surface area contributed by atoms with Crippen LogP contribution in [0.4, 0.5) is 0 Å². The summed E-state index contributed by atoms with van der Waals surface area (Å²) in [7, 11) is -2.02. The molecular formula is C8H15N5O2S. The smallest absolute Gasteiger partial charge is 0.259 e. The molecule has 0 aromatic carbocycles. The van der Waals surface area contributed by atoms with Crippen molar-refractivity contribution in [3.8, 4) is 0 Å². The molecule has 0 amide bonds. The van der Waals surface area contributed by atoms with Gasteiger partial charge in [0.25, 0.3) is 10.0 Å². The molecule has 0 spiro atoms. The van der Waals surface area contributed by atoms with Gasteiger partial charge in [-0.25, -0.2) is 17.8 Å². The Hall–Kier alpha value is -0.990. The molecule has 2 rings (SSSR count). The molecule has 90 valence electrons. The first-order chi connectivity index (χ1) is 7.54. The molecule has 1 aromatic rings. The first-order valence-electron chi connectivity index (χ1n) is 5.11. The molecule has 1 atom stereocenters. The van der Waals surface area contributed by atoms with Crippen molar-refractivity contribution in [1.82, 2.24) is 19.7 Å². The fourth-order valence-electron chi connectivity index (χ4n) is 1.62. The summed E-state index contributed by atoms with van der Waals surface area (Å²) in [6.07, 6.45) is 3.30. The van der Waals surface area contributed by atoms with Gasteiger partial charge in [0.15, 0.2) is 5.03 Å². The number of rotatable bonds is 5. The molecule has 1 aliphatic carbocycles. The van der Waals surface area contributed by atoms with E-state index in [-0.39, 0.29) is 11.1 Å². The van der Waals surface area contributed by atoms with E-state index in [0.29, 0.717) is 12.5 Å². The third kappa shape index (κ3) is 2.23. The van der Waals surface area contributed by atoms with E-state index in [1.807, 2.05) is 0 Å². The molecule has 1 unspecified atom stereocenters. The van der Waals surface area contributed by atoms with E-state index in [2.05, 4.69) is 15.0 Å². The Labute approximate surface area is 94.1 Å². The molecule has 0 saturated heterocycles. The first kappa shape index (κ1) is 11.5. The monoisotopic (exact) mass is 245 g/mol. The normalized spacial score (nSPS) is 18.6. The lowest BCUT2D eigenvalue weighted by atomic mass is 10.2. The van der Waals surface area contributed by atoms with E-state index >= 15 is 0 Å². The number of hydrogen-bond acceptors (Lipinski definition) is 5. The maximum absolute atomic E-state index is 11.9. The maximum atomic E-state index is 11.9. The summed E-state index contributed by atoms with van der Waals surface area (Å²) in [6.45, 7) is 0.315. The van der Waals surface area contributed by atoms with Crippen LogP contribution in [0.1, 0.15) is 12.8 Å². The predicted molar refractivity (Wildman–Crippen MR) is 56.9 cm³/mol. The lowest BCUT2D eigenvalue weighted by molar-refractivity contribution is 0.510. The Kier molecular flexibility index (Phi) is 2.96. The SMILES string of the molecule is Cn1nncc1S(=O)(=O)NC(CN)C1CC1. The third-order valence-corrected chi connectivity index (χ3v) is 4.23. The van der Waals surface area contributed by atoms with Crippen LogP contribution in [0, 0.1) is 5.92 Å². The van der Waals surface area contributed by atoms with Gasteiger partial charge in [-0.3, -0.25) is 0 Å². The van der Waals surface area contributed by atoms with Gasteiger partial charge >= 0.3 is 0 Å². The van der Waals surface area contributed by atoms with Crippen LogP contribution in [0.3, 0.4) is 0 Å². The number of sulfonamides is 1. The second-order valence-electron chi connectivity index (χ2n) is 4.00. The van der Waals surface area contributed by atoms with Gasteiger partial charge in [0, 0.05) is 19.6 Å². The van der Waals surface area contributed by atoms with Gasteiger partial charge in [0.05, 0.1) is 6.20 Å². The van der Waals surface area contributed by atoms with Gasteiger partial charge in [0.2, 0.25) is 0 Å². The number of nitrogens with two attached hydrogens (primary N) is 1. The minimum atomic E-state index is -3.56. The van der Waals surface area contributed by atoms with Crippen molar-refractivity contribution in [2.75, 3.05) is 6.54 Å². The van der Waals surface area contributed by atoms with Gasteiger partial charge in [-0.05, 0) is 18.8 Å². The zero-order chi connectivity index (χ0) is 11.8. The molecule has 1 aliphatic rings. The molecule has 3 N–H and O–H groups in total. The van der Waals surface area contributed by atoms with Crippen molar-refractivity contribution in [2.24, 2.45) is 18.7 Å². The maximum Gasteiger partial charge on any atom is 0.259 e. The van der Waals surface area contributed by atoms with Crippen LogP contribution in [0.2, 0.25) is 0 Å². The number of nitrogens with one attached hydrogen (secondary N) is 1. The molecule has 1 aromatic heterocycles. The quantitative estimate of drug-likeness (QED) is 0.680. The van der Waals surface area contributed by atoms with E-state index in [4.69, 9.17) is 5.73 Å². The number of aryl methyl sites for hydroxylation is 1. The molecular weight excluding hydrogens is 230 g/mol. The van der Waals surface area contributed by atoms with Crippen molar-refractivity contribution in [3.63, 3.8) is 0 Å². The number of nitrogens with zero attached hydrogens (tertiary/aromatic N) is 3. The van der Waals surface area contributed by atoms with Crippen molar-refractivity contribution in [1.29, 1.82) is 0 Å². The topological polar surface area (TPSA) is 103 Å². The van der Waals surface area contributed by atoms with Crippen LogP contribution < -0.4 is 10.5 Å². The highest BCUT2D eigenvalue weighted by Crippen LogP contribution is 2.32. The third-order valence-electron chi connectivity index (χ3n) is 2.70. The van der Waals surface area contributed by atoms with Crippen LogP contribution >= 0.6 is 0 Å². The molecule has 1 heterocycles. The van der Waals surface area contributed by atoms with E-state index in [0.717, 1.165) is 12.8 Å². The minimum absolute atomic E-state index is 0.0617. The molecule has 0 aliphatic heterocycles. The fraction of sp³-hybridized carbons (Fsp3) is 0.750. The minimum Gasteiger partial charge on any atom is -0.329 e. The summed E-state index contributed by atoms with van der Waals surface area (Å²) in [5.74, 6) is 0.376. The van der Waals surface area contributed by atoms with Crippen molar-refractivity contribution in [2.45, 2.75) is 23.9 Å². The number of hydrogen-bond donors (Lipinski definition) is 2. The number of aromatic nitrogens is 3. The fourth-order valence-corrected chi connectivity index (χ4v) is 3.00. The summed E-state index contributed by atoms with van der Waals surface area (Å²) >= 11 is 0. The standard InChI is InChI=1S/C8H15N5O2S/c1-13-8(5-10-12-13)16(14,15)11-7(4-9)6-2-3-6/h5-7,11H,2-4,9H2,1H3. The lowest BCUT2D eigenvalue weighted by Crippen LogP contribution is -2.42. The summed E-state index contributed by atoms with van der Waals surface area (Å²) in [5, 5.41) is 7.20. The van der Waals surface area contributed by atoms with Gasteiger partial charge in [0.1, 0.15) is 0 Å². The van der Waals surface area contributed by atoms with Crippen LogP contribution in [-0.2, 0) is 17.1 Å².